The highest BCUT2D eigenvalue weighted by Gasteiger charge is 2.63. The molecule has 0 bridgehead atoms. The van der Waals surface area contributed by atoms with Crippen LogP contribution in [0.15, 0.2) is 0 Å². The Balaban J connectivity index is 1.39. The Morgan fingerprint density at radius 3 is 2.39 bits per heavy atom. The van der Waals surface area contributed by atoms with Gasteiger partial charge in [0.05, 0.1) is 18.0 Å². The summed E-state index contributed by atoms with van der Waals surface area (Å²) in [5, 5.41) is 14.2. The smallest absolute Gasteiger partial charge is 0.393 e. The highest BCUT2D eigenvalue weighted by molar-refractivity contribution is 7.85. The molecule has 10 nitrogen and oxygen atoms in total. The molecule has 1 amide bonds. The van der Waals surface area contributed by atoms with E-state index in [2.05, 4.69) is 26.1 Å². The first-order valence-electron chi connectivity index (χ1n) is 14.1. The van der Waals surface area contributed by atoms with Crippen molar-refractivity contribution >= 4 is 26.4 Å². The number of aliphatic hydroxyl groups is 1. The lowest BCUT2D eigenvalue weighted by molar-refractivity contribution is -0.173. The van der Waals surface area contributed by atoms with E-state index < -0.39 is 38.5 Å². The first-order valence-corrected chi connectivity index (χ1v) is 17.1. The average Bonchev–Trinajstić information content (AvgIpc) is 3.15. The fourth-order valence-corrected chi connectivity index (χ4v) is 10.2. The van der Waals surface area contributed by atoms with Crippen LogP contribution in [0.25, 0.3) is 0 Å². The van der Waals surface area contributed by atoms with Gasteiger partial charge >= 0.3 is 10.4 Å². The Bertz CT molecular complexity index is 1100. The Morgan fingerprint density at radius 2 is 1.74 bits per heavy atom. The summed E-state index contributed by atoms with van der Waals surface area (Å²) in [6.45, 7) is 6.59. The lowest BCUT2D eigenvalue weighted by Crippen LogP contribution is -2.59. The van der Waals surface area contributed by atoms with Crippen molar-refractivity contribution < 1.29 is 40.0 Å². The molecular formula is C26H45NO9S2. The van der Waals surface area contributed by atoms with Crippen molar-refractivity contribution in [3.8, 4) is 0 Å². The minimum atomic E-state index is -4.47. The Morgan fingerprint density at radius 1 is 1.03 bits per heavy atom. The minimum absolute atomic E-state index is 0.00808. The second-order valence-electron chi connectivity index (χ2n) is 13.0. The lowest BCUT2D eigenvalue weighted by atomic mass is 9.43. The van der Waals surface area contributed by atoms with E-state index >= 15 is 0 Å². The molecule has 12 heteroatoms. The maximum Gasteiger partial charge on any atom is 0.397 e. The van der Waals surface area contributed by atoms with Gasteiger partial charge in [-0.1, -0.05) is 20.8 Å². The van der Waals surface area contributed by atoms with Gasteiger partial charge in [-0.05, 0) is 104 Å². The van der Waals surface area contributed by atoms with Crippen LogP contribution in [0.4, 0.5) is 0 Å². The summed E-state index contributed by atoms with van der Waals surface area (Å²) in [6, 6.07) is 0. The van der Waals surface area contributed by atoms with Crippen LogP contribution >= 0.6 is 0 Å². The van der Waals surface area contributed by atoms with Gasteiger partial charge in [-0.25, -0.2) is 4.18 Å². The summed E-state index contributed by atoms with van der Waals surface area (Å²) >= 11 is 0. The zero-order chi connectivity index (χ0) is 28.1. The fraction of sp³-hybridized carbons (Fsp3) is 0.962. The first kappa shape index (κ1) is 30.2. The highest BCUT2D eigenvalue weighted by atomic mass is 32.3. The zero-order valence-corrected chi connectivity index (χ0v) is 24.3. The number of fused-ring (bicyclic) bond motifs is 5. The van der Waals surface area contributed by atoms with Gasteiger partial charge in [0, 0.05) is 13.0 Å². The van der Waals surface area contributed by atoms with Gasteiger partial charge in [0.15, 0.2) is 0 Å². The van der Waals surface area contributed by atoms with Crippen molar-refractivity contribution in [3.63, 3.8) is 0 Å². The zero-order valence-electron chi connectivity index (χ0n) is 22.7. The number of hydrogen-bond acceptors (Lipinski definition) is 7. The molecule has 4 saturated carbocycles. The number of rotatable bonds is 9. The molecule has 220 valence electrons. The Hall–Kier alpha value is -0.790. The lowest BCUT2D eigenvalue weighted by Gasteiger charge is -2.62. The molecule has 0 aromatic carbocycles. The first-order chi connectivity index (χ1) is 17.5. The van der Waals surface area contributed by atoms with Gasteiger partial charge in [0.25, 0.3) is 10.1 Å². The molecule has 4 rings (SSSR count). The molecule has 1 unspecified atom stereocenters. The van der Waals surface area contributed by atoms with Crippen molar-refractivity contribution in [2.45, 2.75) is 97.2 Å². The fourth-order valence-electron chi connectivity index (χ4n) is 9.37. The molecule has 38 heavy (non-hydrogen) atoms. The van der Waals surface area contributed by atoms with Crippen LogP contribution in [0, 0.1) is 46.3 Å². The van der Waals surface area contributed by atoms with Crippen LogP contribution in [0.2, 0.25) is 0 Å². The van der Waals surface area contributed by atoms with Gasteiger partial charge < -0.3 is 10.4 Å². The van der Waals surface area contributed by atoms with Crippen LogP contribution in [0.1, 0.15) is 85.0 Å². The topological polar surface area (TPSA) is 167 Å². The van der Waals surface area contributed by atoms with Crippen LogP contribution in [0.5, 0.6) is 0 Å². The Kier molecular flexibility index (Phi) is 8.65. The quantitative estimate of drug-likeness (QED) is 0.300. The summed E-state index contributed by atoms with van der Waals surface area (Å²) in [5.74, 6) is 1.35. The van der Waals surface area contributed by atoms with E-state index in [0.29, 0.717) is 48.9 Å². The molecule has 0 aromatic heterocycles. The van der Waals surface area contributed by atoms with Crippen LogP contribution < -0.4 is 5.32 Å². The number of amides is 1. The Labute approximate surface area is 227 Å². The molecule has 0 spiro atoms. The highest BCUT2D eigenvalue weighted by Crippen LogP contribution is 2.68. The van der Waals surface area contributed by atoms with E-state index in [-0.39, 0.29) is 35.6 Å². The molecule has 0 heterocycles. The molecule has 4 aliphatic rings. The van der Waals surface area contributed by atoms with E-state index in [1.165, 1.54) is 0 Å². The largest absolute Gasteiger partial charge is 0.397 e. The molecule has 10 atom stereocenters. The molecule has 4 N–H and O–H groups in total. The molecule has 0 aliphatic heterocycles. The normalized spacial score (nSPS) is 42.0. The molecular weight excluding hydrogens is 534 g/mol. The predicted molar refractivity (Wildman–Crippen MR) is 141 cm³/mol. The van der Waals surface area contributed by atoms with Gasteiger partial charge in [0.1, 0.15) is 0 Å². The van der Waals surface area contributed by atoms with Crippen molar-refractivity contribution in [2.75, 3.05) is 12.3 Å². The van der Waals surface area contributed by atoms with E-state index in [4.69, 9.17) is 13.3 Å². The standard InChI is InChI=1S/C26H45NO9S2/c1-16(4-9-24(29)27-12-13-37(30,31)32)20-7-8-21-19-6-5-17-14-18(36-38(33,34)35)10-11-25(17,2)22(19)15-23(28)26(20,21)3/h16-23,28H,4-15H2,1-3H3,(H,27,29)(H,30,31,32)(H,33,34,35)/t16-,17-,18-,19+,20-,21+,22?,23+,25+,26-/m1/s1. The number of carbonyl (C=O) groups is 1. The molecule has 4 fully saturated rings. The second kappa shape index (κ2) is 10.9. The number of nitrogens with one attached hydrogen (secondary N) is 1. The third-order valence-corrected chi connectivity index (χ3v) is 12.5. The summed E-state index contributed by atoms with van der Waals surface area (Å²) < 4.78 is 67.2. The van der Waals surface area contributed by atoms with Crippen molar-refractivity contribution in [2.24, 2.45) is 46.3 Å². The predicted octanol–water partition coefficient (Wildman–Crippen LogP) is 3.22. The van der Waals surface area contributed by atoms with Crippen LogP contribution in [0.3, 0.4) is 0 Å². The van der Waals surface area contributed by atoms with E-state index in [1.54, 1.807) is 0 Å². The second-order valence-corrected chi connectivity index (χ2v) is 15.7. The van der Waals surface area contributed by atoms with Gasteiger partial charge in [-0.15, -0.1) is 0 Å². The molecule has 0 aromatic rings. The summed E-state index contributed by atoms with van der Waals surface area (Å²) in [6.07, 6.45) is 6.85. The van der Waals surface area contributed by atoms with Crippen LogP contribution in [-0.2, 0) is 29.5 Å². The molecule has 4 aliphatic carbocycles. The van der Waals surface area contributed by atoms with E-state index in [9.17, 15) is 26.7 Å². The number of hydrogen-bond donors (Lipinski definition) is 4. The monoisotopic (exact) mass is 579 g/mol. The summed E-state index contributed by atoms with van der Waals surface area (Å²) in [5.41, 5.74) is -0.218. The maximum atomic E-state index is 12.2. The average molecular weight is 580 g/mol. The third-order valence-electron chi connectivity index (χ3n) is 11.2. The van der Waals surface area contributed by atoms with Crippen molar-refractivity contribution in [1.29, 1.82) is 0 Å². The van der Waals surface area contributed by atoms with Crippen molar-refractivity contribution in [3.05, 3.63) is 0 Å². The number of carbonyl (C=O) groups excluding carboxylic acids is 1. The summed E-state index contributed by atoms with van der Waals surface area (Å²) in [7, 11) is -8.57. The SMILES string of the molecule is C[C@H](CCC(=O)NCCS(=O)(=O)O)[C@H]1CC[C@H]2[C@@H]3CC[C@@H]4C[C@H](OS(=O)(=O)O)CC[C@]4(C)C3C[C@H](O)[C@]12C. The third kappa shape index (κ3) is 6.10. The van der Waals surface area contributed by atoms with Gasteiger partial charge in [-0.2, -0.15) is 16.8 Å². The maximum absolute atomic E-state index is 12.2. The van der Waals surface area contributed by atoms with E-state index in [1.807, 2.05) is 0 Å². The molecule has 0 saturated heterocycles. The minimum Gasteiger partial charge on any atom is -0.393 e. The van der Waals surface area contributed by atoms with E-state index in [0.717, 1.165) is 38.5 Å². The van der Waals surface area contributed by atoms with Gasteiger partial charge in [-0.3, -0.25) is 13.9 Å². The summed E-state index contributed by atoms with van der Waals surface area (Å²) in [4.78, 5) is 12.2. The van der Waals surface area contributed by atoms with Gasteiger partial charge in [0.2, 0.25) is 5.91 Å². The van der Waals surface area contributed by atoms with Crippen LogP contribution in [-0.4, -0.2) is 61.5 Å². The molecule has 0 radical (unpaired) electrons. The number of aliphatic hydroxyl groups excluding tert-OH is 1. The van der Waals surface area contributed by atoms with Crippen molar-refractivity contribution in [1.82, 2.24) is 5.32 Å².